The van der Waals surface area contributed by atoms with E-state index in [1.54, 1.807) is 17.0 Å². The Balaban J connectivity index is 2.27. The van der Waals surface area contributed by atoms with Gasteiger partial charge in [0.25, 0.3) is 0 Å². The first-order valence-corrected chi connectivity index (χ1v) is 6.02. The Labute approximate surface area is 105 Å². The lowest BCUT2D eigenvalue weighted by molar-refractivity contribution is 0.128. The molecular formula is C12H15ClN2O2. The molecule has 2 rings (SSSR count). The van der Waals surface area contributed by atoms with E-state index in [1.165, 1.54) is 0 Å². The summed E-state index contributed by atoms with van der Waals surface area (Å²) in [5, 5.41) is 0.604. The van der Waals surface area contributed by atoms with Crippen LogP contribution in [0, 0.1) is 0 Å². The molecule has 17 heavy (non-hydrogen) atoms. The van der Waals surface area contributed by atoms with Gasteiger partial charge in [0, 0.05) is 23.2 Å². The Morgan fingerprint density at radius 3 is 3.06 bits per heavy atom. The van der Waals surface area contributed by atoms with E-state index in [2.05, 4.69) is 0 Å². The van der Waals surface area contributed by atoms with E-state index in [0.29, 0.717) is 18.2 Å². The number of rotatable bonds is 3. The van der Waals surface area contributed by atoms with Gasteiger partial charge in [-0.3, -0.25) is 4.90 Å². The zero-order chi connectivity index (χ0) is 12.3. The number of nitrogens with zero attached hydrogens (tertiary/aromatic N) is 1. The molecule has 0 spiro atoms. The summed E-state index contributed by atoms with van der Waals surface area (Å²) < 4.78 is 5.06. The maximum absolute atomic E-state index is 11.8. The lowest BCUT2D eigenvalue weighted by atomic mass is 10.1. The van der Waals surface area contributed by atoms with Gasteiger partial charge in [-0.1, -0.05) is 17.7 Å². The Morgan fingerprint density at radius 2 is 2.35 bits per heavy atom. The highest BCUT2D eigenvalue weighted by molar-refractivity contribution is 6.30. The van der Waals surface area contributed by atoms with Crippen LogP contribution in [-0.4, -0.2) is 25.3 Å². The van der Waals surface area contributed by atoms with Crippen LogP contribution in [0.3, 0.4) is 0 Å². The molecule has 1 unspecified atom stereocenters. The molecule has 1 aromatic rings. The zero-order valence-electron chi connectivity index (χ0n) is 9.43. The van der Waals surface area contributed by atoms with Gasteiger partial charge in [0.15, 0.2) is 0 Å². The van der Waals surface area contributed by atoms with E-state index in [9.17, 15) is 4.79 Å². The number of nitrogens with two attached hydrogens (primary N) is 1. The number of halogens is 1. The lowest BCUT2D eigenvalue weighted by Crippen LogP contribution is -2.46. The van der Waals surface area contributed by atoms with Crippen molar-refractivity contribution in [3.8, 4) is 0 Å². The molecule has 1 atom stereocenters. The summed E-state index contributed by atoms with van der Waals surface area (Å²) in [5.41, 5.74) is 6.33. The van der Waals surface area contributed by atoms with Gasteiger partial charge in [-0.25, -0.2) is 4.79 Å². The van der Waals surface area contributed by atoms with Crippen LogP contribution >= 0.6 is 11.6 Å². The van der Waals surface area contributed by atoms with Crippen molar-refractivity contribution in [2.24, 2.45) is 5.73 Å². The van der Waals surface area contributed by atoms with Crippen molar-refractivity contribution in [3.05, 3.63) is 29.3 Å². The Kier molecular flexibility index (Phi) is 3.86. The number of amides is 1. The first-order valence-electron chi connectivity index (χ1n) is 5.64. The zero-order valence-corrected chi connectivity index (χ0v) is 10.2. The molecule has 1 aliphatic heterocycles. The van der Waals surface area contributed by atoms with Gasteiger partial charge >= 0.3 is 6.09 Å². The summed E-state index contributed by atoms with van der Waals surface area (Å²) in [5.74, 6) is 0. The topological polar surface area (TPSA) is 55.6 Å². The van der Waals surface area contributed by atoms with Crippen molar-refractivity contribution in [1.29, 1.82) is 0 Å². The summed E-state index contributed by atoms with van der Waals surface area (Å²) in [4.78, 5) is 13.5. The number of hydrogen-bond donors (Lipinski definition) is 1. The molecule has 4 nitrogen and oxygen atoms in total. The van der Waals surface area contributed by atoms with Crippen LogP contribution < -0.4 is 10.6 Å². The SMILES string of the molecule is NCCC1CCOC(=O)N1c1cccc(Cl)c1. The van der Waals surface area contributed by atoms with Crippen LogP contribution in [0.25, 0.3) is 0 Å². The van der Waals surface area contributed by atoms with E-state index >= 15 is 0 Å². The third-order valence-corrected chi connectivity index (χ3v) is 3.06. The number of ether oxygens (including phenoxy) is 1. The molecular weight excluding hydrogens is 240 g/mol. The summed E-state index contributed by atoms with van der Waals surface area (Å²) in [6.45, 7) is 1.01. The predicted molar refractivity (Wildman–Crippen MR) is 67.4 cm³/mol. The number of benzene rings is 1. The summed E-state index contributed by atoms with van der Waals surface area (Å²) >= 11 is 5.93. The highest BCUT2D eigenvalue weighted by Gasteiger charge is 2.30. The van der Waals surface area contributed by atoms with Gasteiger partial charge < -0.3 is 10.5 Å². The van der Waals surface area contributed by atoms with Gasteiger partial charge in [-0.2, -0.15) is 0 Å². The third-order valence-electron chi connectivity index (χ3n) is 2.82. The van der Waals surface area contributed by atoms with E-state index < -0.39 is 0 Å². The summed E-state index contributed by atoms with van der Waals surface area (Å²) in [6, 6.07) is 7.30. The first kappa shape index (κ1) is 12.2. The van der Waals surface area contributed by atoms with Crippen LogP contribution in [0.5, 0.6) is 0 Å². The van der Waals surface area contributed by atoms with Crippen molar-refractivity contribution in [3.63, 3.8) is 0 Å². The number of hydrogen-bond acceptors (Lipinski definition) is 3. The second-order valence-electron chi connectivity index (χ2n) is 3.98. The fraction of sp³-hybridized carbons (Fsp3) is 0.417. The molecule has 1 heterocycles. The van der Waals surface area contributed by atoms with Crippen LogP contribution in [0.4, 0.5) is 10.5 Å². The van der Waals surface area contributed by atoms with Gasteiger partial charge in [0.05, 0.1) is 6.61 Å². The molecule has 0 aliphatic carbocycles. The Morgan fingerprint density at radius 1 is 1.53 bits per heavy atom. The van der Waals surface area contributed by atoms with Crippen LogP contribution in [-0.2, 0) is 4.74 Å². The lowest BCUT2D eigenvalue weighted by Gasteiger charge is -2.34. The highest BCUT2D eigenvalue weighted by atomic mass is 35.5. The second kappa shape index (κ2) is 5.38. The average molecular weight is 255 g/mol. The minimum atomic E-state index is -0.322. The predicted octanol–water partition coefficient (Wildman–Crippen LogP) is 2.40. The largest absolute Gasteiger partial charge is 0.449 e. The van der Waals surface area contributed by atoms with E-state index in [1.807, 2.05) is 12.1 Å². The van der Waals surface area contributed by atoms with E-state index in [-0.39, 0.29) is 12.1 Å². The Bertz CT molecular complexity index is 409. The molecule has 1 aromatic carbocycles. The molecule has 0 radical (unpaired) electrons. The van der Waals surface area contributed by atoms with E-state index in [4.69, 9.17) is 22.1 Å². The fourth-order valence-corrected chi connectivity index (χ4v) is 2.22. The maximum atomic E-state index is 11.8. The molecule has 0 aromatic heterocycles. The second-order valence-corrected chi connectivity index (χ2v) is 4.42. The first-order chi connectivity index (χ1) is 8.22. The number of cyclic esters (lactones) is 1. The summed E-state index contributed by atoms with van der Waals surface area (Å²) in [7, 11) is 0. The van der Waals surface area contributed by atoms with Gasteiger partial charge in [-0.15, -0.1) is 0 Å². The quantitative estimate of drug-likeness (QED) is 0.901. The molecule has 0 bridgehead atoms. The van der Waals surface area contributed by atoms with Gasteiger partial charge in [0.1, 0.15) is 0 Å². The average Bonchev–Trinajstić information content (AvgIpc) is 2.29. The van der Waals surface area contributed by atoms with Crippen LogP contribution in [0.2, 0.25) is 5.02 Å². The summed E-state index contributed by atoms with van der Waals surface area (Å²) in [6.07, 6.45) is 1.24. The molecule has 0 saturated carbocycles. The van der Waals surface area contributed by atoms with Gasteiger partial charge in [0.2, 0.25) is 0 Å². The molecule has 1 saturated heterocycles. The maximum Gasteiger partial charge on any atom is 0.414 e. The molecule has 92 valence electrons. The van der Waals surface area contributed by atoms with Crippen LogP contribution in [0.15, 0.2) is 24.3 Å². The third kappa shape index (κ3) is 2.70. The molecule has 2 N–H and O–H groups in total. The monoisotopic (exact) mass is 254 g/mol. The van der Waals surface area contributed by atoms with Crippen molar-refractivity contribution >= 4 is 23.4 Å². The van der Waals surface area contributed by atoms with Crippen molar-refractivity contribution in [2.45, 2.75) is 18.9 Å². The van der Waals surface area contributed by atoms with Crippen molar-refractivity contribution in [2.75, 3.05) is 18.1 Å². The normalized spacial score (nSPS) is 20.2. The molecule has 5 heteroatoms. The molecule has 1 amide bonds. The minimum absolute atomic E-state index is 0.0970. The van der Waals surface area contributed by atoms with Crippen molar-refractivity contribution in [1.82, 2.24) is 0 Å². The van der Waals surface area contributed by atoms with Crippen LogP contribution in [0.1, 0.15) is 12.8 Å². The molecule has 1 aliphatic rings. The van der Waals surface area contributed by atoms with Crippen molar-refractivity contribution < 1.29 is 9.53 Å². The van der Waals surface area contributed by atoms with Gasteiger partial charge in [-0.05, 0) is 31.2 Å². The fourth-order valence-electron chi connectivity index (χ4n) is 2.04. The minimum Gasteiger partial charge on any atom is -0.449 e. The number of anilines is 1. The highest BCUT2D eigenvalue weighted by Crippen LogP contribution is 2.26. The Hall–Kier alpha value is -1.26. The standard InChI is InChI=1S/C12H15ClN2O2/c13-9-2-1-3-11(8-9)15-10(4-6-14)5-7-17-12(15)16/h1-3,8,10H,4-7,14H2. The number of carbonyl (C=O) groups excluding carboxylic acids is 1. The molecule has 1 fully saturated rings. The smallest absolute Gasteiger partial charge is 0.414 e. The van der Waals surface area contributed by atoms with E-state index in [0.717, 1.165) is 18.5 Å². The number of carbonyl (C=O) groups is 1.